The van der Waals surface area contributed by atoms with E-state index in [2.05, 4.69) is 28.4 Å². The number of nitrogens with zero attached hydrogens (tertiary/aromatic N) is 2. The van der Waals surface area contributed by atoms with E-state index in [1.54, 1.807) is 19.1 Å². The number of carbonyl (C=O) groups excluding carboxylic acids is 1. The van der Waals surface area contributed by atoms with Crippen LogP contribution in [0.15, 0.2) is 42.5 Å². The smallest absolute Gasteiger partial charge is 0.273 e. The van der Waals surface area contributed by atoms with Crippen LogP contribution in [0.1, 0.15) is 27.9 Å². The number of para-hydroxylation sites is 1. The fourth-order valence-electron chi connectivity index (χ4n) is 3.27. The molecule has 3 rings (SSSR count). The maximum atomic E-state index is 12.3. The second-order valence-electron chi connectivity index (χ2n) is 6.18. The predicted octanol–water partition coefficient (Wildman–Crippen LogP) is 3.09. The molecule has 6 heteroatoms. The Balaban J connectivity index is 1.53. The third kappa shape index (κ3) is 3.63. The fraction of sp³-hybridized carbons (Fsp3) is 0.316. The average Bonchev–Trinajstić information content (AvgIpc) is 3.01. The van der Waals surface area contributed by atoms with E-state index in [4.69, 9.17) is 0 Å². The maximum Gasteiger partial charge on any atom is 0.273 e. The van der Waals surface area contributed by atoms with E-state index in [0.29, 0.717) is 17.7 Å². The number of rotatable bonds is 6. The van der Waals surface area contributed by atoms with Gasteiger partial charge in [-0.2, -0.15) is 0 Å². The number of nitrogens with one attached hydrogen (secondary N) is 1. The molecular weight excluding hydrogens is 318 g/mol. The zero-order chi connectivity index (χ0) is 17.8. The molecule has 1 N–H and O–H groups in total. The van der Waals surface area contributed by atoms with Crippen molar-refractivity contribution in [2.45, 2.75) is 19.8 Å². The zero-order valence-corrected chi connectivity index (χ0v) is 14.2. The van der Waals surface area contributed by atoms with Crippen LogP contribution in [0, 0.1) is 17.0 Å². The van der Waals surface area contributed by atoms with Crippen molar-refractivity contribution in [1.29, 1.82) is 0 Å². The van der Waals surface area contributed by atoms with Crippen LogP contribution in [-0.4, -0.2) is 30.5 Å². The molecule has 130 valence electrons. The van der Waals surface area contributed by atoms with Gasteiger partial charge >= 0.3 is 0 Å². The molecule has 1 aliphatic rings. The molecule has 2 aromatic carbocycles. The first-order chi connectivity index (χ1) is 12.1. The van der Waals surface area contributed by atoms with Crippen molar-refractivity contribution >= 4 is 17.3 Å². The summed E-state index contributed by atoms with van der Waals surface area (Å²) < 4.78 is 0. The van der Waals surface area contributed by atoms with Crippen LogP contribution < -0.4 is 10.2 Å². The summed E-state index contributed by atoms with van der Waals surface area (Å²) in [7, 11) is 0. The molecule has 1 heterocycles. The predicted molar refractivity (Wildman–Crippen MR) is 97.1 cm³/mol. The van der Waals surface area contributed by atoms with Gasteiger partial charge in [0, 0.05) is 42.5 Å². The Hall–Kier alpha value is -2.89. The summed E-state index contributed by atoms with van der Waals surface area (Å²) >= 11 is 0. The molecule has 0 bridgehead atoms. The quantitative estimate of drug-likeness (QED) is 0.498. The second-order valence-corrected chi connectivity index (χ2v) is 6.18. The Kier molecular flexibility index (Phi) is 4.97. The SMILES string of the molecule is Cc1c(C(=O)NCCCN2CCc3ccccc32)cccc1[N+](=O)[O-]. The van der Waals surface area contributed by atoms with Gasteiger partial charge in [0.25, 0.3) is 11.6 Å². The number of hydrogen-bond acceptors (Lipinski definition) is 4. The molecule has 25 heavy (non-hydrogen) atoms. The Bertz CT molecular complexity index is 804. The molecule has 0 radical (unpaired) electrons. The highest BCUT2D eigenvalue weighted by Crippen LogP contribution is 2.27. The third-order valence-corrected chi connectivity index (χ3v) is 4.62. The highest BCUT2D eigenvalue weighted by molar-refractivity contribution is 5.96. The molecule has 0 aliphatic carbocycles. The molecule has 0 saturated carbocycles. The number of fused-ring (bicyclic) bond motifs is 1. The molecule has 6 nitrogen and oxygen atoms in total. The first kappa shape index (κ1) is 17.0. The standard InChI is InChI=1S/C19H21N3O3/c1-14-16(7-4-9-17(14)22(24)25)19(23)20-11-5-12-21-13-10-15-6-2-3-8-18(15)21/h2-4,6-9H,5,10-13H2,1H3,(H,20,23). The van der Waals surface area contributed by atoms with Crippen LogP contribution in [0.3, 0.4) is 0 Å². The summed E-state index contributed by atoms with van der Waals surface area (Å²) in [6, 6.07) is 13.0. The van der Waals surface area contributed by atoms with Crippen molar-refractivity contribution in [3.63, 3.8) is 0 Å². The number of benzene rings is 2. The molecule has 0 unspecified atom stereocenters. The highest BCUT2D eigenvalue weighted by atomic mass is 16.6. The Morgan fingerprint density at radius 2 is 2.04 bits per heavy atom. The van der Waals surface area contributed by atoms with E-state index in [0.717, 1.165) is 25.9 Å². The minimum absolute atomic E-state index is 0.0266. The lowest BCUT2D eigenvalue weighted by molar-refractivity contribution is -0.385. The molecule has 0 spiro atoms. The van der Waals surface area contributed by atoms with Gasteiger partial charge in [0.2, 0.25) is 0 Å². The van der Waals surface area contributed by atoms with Crippen LogP contribution in [0.25, 0.3) is 0 Å². The number of anilines is 1. The van der Waals surface area contributed by atoms with Gasteiger partial charge in [-0.1, -0.05) is 24.3 Å². The average molecular weight is 339 g/mol. The van der Waals surface area contributed by atoms with Crippen molar-refractivity contribution in [3.8, 4) is 0 Å². The molecule has 0 aromatic heterocycles. The van der Waals surface area contributed by atoms with E-state index in [1.165, 1.54) is 17.3 Å². The summed E-state index contributed by atoms with van der Waals surface area (Å²) in [5, 5.41) is 13.8. The van der Waals surface area contributed by atoms with Crippen LogP contribution in [0.5, 0.6) is 0 Å². The fourth-order valence-corrected chi connectivity index (χ4v) is 3.27. The lowest BCUT2D eigenvalue weighted by Gasteiger charge is -2.19. The minimum Gasteiger partial charge on any atom is -0.371 e. The van der Waals surface area contributed by atoms with Crippen LogP contribution in [-0.2, 0) is 6.42 Å². The molecule has 2 aromatic rings. The largest absolute Gasteiger partial charge is 0.371 e. The Labute approximate surface area is 146 Å². The number of hydrogen-bond donors (Lipinski definition) is 1. The number of nitro benzene ring substituents is 1. The molecular formula is C19H21N3O3. The van der Waals surface area contributed by atoms with Crippen molar-refractivity contribution in [2.75, 3.05) is 24.5 Å². The van der Waals surface area contributed by atoms with Crippen molar-refractivity contribution in [3.05, 3.63) is 69.3 Å². The zero-order valence-electron chi connectivity index (χ0n) is 14.2. The van der Waals surface area contributed by atoms with Gasteiger partial charge in [-0.3, -0.25) is 14.9 Å². The molecule has 1 amide bonds. The lowest BCUT2D eigenvalue weighted by Crippen LogP contribution is -2.29. The van der Waals surface area contributed by atoms with E-state index in [1.807, 2.05) is 6.07 Å². The lowest BCUT2D eigenvalue weighted by atomic mass is 10.1. The Morgan fingerprint density at radius 1 is 1.24 bits per heavy atom. The highest BCUT2D eigenvalue weighted by Gasteiger charge is 2.19. The van der Waals surface area contributed by atoms with Gasteiger partial charge in [-0.05, 0) is 37.5 Å². The minimum atomic E-state index is -0.461. The van der Waals surface area contributed by atoms with Crippen LogP contribution in [0.4, 0.5) is 11.4 Å². The van der Waals surface area contributed by atoms with Gasteiger partial charge in [-0.25, -0.2) is 0 Å². The molecule has 0 saturated heterocycles. The van der Waals surface area contributed by atoms with Gasteiger partial charge in [0.1, 0.15) is 0 Å². The van der Waals surface area contributed by atoms with Crippen molar-refractivity contribution in [2.24, 2.45) is 0 Å². The summed E-state index contributed by atoms with van der Waals surface area (Å²) in [4.78, 5) is 25.1. The maximum absolute atomic E-state index is 12.3. The number of amides is 1. The van der Waals surface area contributed by atoms with E-state index in [-0.39, 0.29) is 11.6 Å². The van der Waals surface area contributed by atoms with E-state index < -0.39 is 4.92 Å². The van der Waals surface area contributed by atoms with E-state index >= 15 is 0 Å². The first-order valence-electron chi connectivity index (χ1n) is 8.43. The van der Waals surface area contributed by atoms with Crippen LogP contribution >= 0.6 is 0 Å². The third-order valence-electron chi connectivity index (χ3n) is 4.62. The topological polar surface area (TPSA) is 75.5 Å². The Morgan fingerprint density at radius 3 is 2.84 bits per heavy atom. The first-order valence-corrected chi connectivity index (χ1v) is 8.43. The normalized spacial score (nSPS) is 12.8. The van der Waals surface area contributed by atoms with Crippen molar-refractivity contribution in [1.82, 2.24) is 5.32 Å². The van der Waals surface area contributed by atoms with Gasteiger partial charge in [0.05, 0.1) is 4.92 Å². The van der Waals surface area contributed by atoms with Gasteiger partial charge < -0.3 is 10.2 Å². The summed E-state index contributed by atoms with van der Waals surface area (Å²) in [5.74, 6) is -0.261. The number of nitro groups is 1. The van der Waals surface area contributed by atoms with Crippen LogP contribution in [0.2, 0.25) is 0 Å². The van der Waals surface area contributed by atoms with Crippen molar-refractivity contribution < 1.29 is 9.72 Å². The molecule has 1 aliphatic heterocycles. The van der Waals surface area contributed by atoms with Gasteiger partial charge in [0.15, 0.2) is 0 Å². The van der Waals surface area contributed by atoms with E-state index in [9.17, 15) is 14.9 Å². The number of carbonyl (C=O) groups is 1. The molecule has 0 atom stereocenters. The second kappa shape index (κ2) is 7.34. The summed E-state index contributed by atoms with van der Waals surface area (Å²) in [6.07, 6.45) is 1.89. The molecule has 0 fully saturated rings. The summed E-state index contributed by atoms with van der Waals surface area (Å²) in [5.41, 5.74) is 3.39. The monoisotopic (exact) mass is 339 g/mol. The summed E-state index contributed by atoms with van der Waals surface area (Å²) in [6.45, 7) is 4.04. The van der Waals surface area contributed by atoms with Gasteiger partial charge in [-0.15, -0.1) is 0 Å².